The van der Waals surface area contributed by atoms with E-state index in [2.05, 4.69) is 28.0 Å². The molecular formula is C27H26FN3O3S. The molecule has 1 aromatic heterocycles. The highest BCUT2D eigenvalue weighted by atomic mass is 32.2. The number of rotatable bonds is 5. The van der Waals surface area contributed by atoms with Gasteiger partial charge < -0.3 is 9.88 Å². The minimum absolute atomic E-state index is 0.0802. The van der Waals surface area contributed by atoms with Crippen LogP contribution in [-0.4, -0.2) is 37.3 Å². The predicted molar refractivity (Wildman–Crippen MR) is 135 cm³/mol. The number of nitrogens with one attached hydrogen (secondary N) is 2. The lowest BCUT2D eigenvalue weighted by molar-refractivity contribution is 0.0712. The van der Waals surface area contributed by atoms with E-state index >= 15 is 0 Å². The lowest BCUT2D eigenvalue weighted by Crippen LogP contribution is -2.38. The van der Waals surface area contributed by atoms with Crippen LogP contribution in [0.1, 0.15) is 40.2 Å². The van der Waals surface area contributed by atoms with Gasteiger partial charge in [-0.1, -0.05) is 36.4 Å². The highest BCUT2D eigenvalue weighted by molar-refractivity contribution is 7.92. The van der Waals surface area contributed by atoms with Crippen molar-refractivity contribution in [1.82, 2.24) is 9.88 Å². The van der Waals surface area contributed by atoms with Gasteiger partial charge in [0.1, 0.15) is 5.82 Å². The average Bonchev–Trinajstić information content (AvgIpc) is 3.29. The number of likely N-dealkylation sites (tertiary alicyclic amines) is 1. The lowest BCUT2D eigenvalue weighted by atomic mass is 9.89. The molecule has 2 N–H and O–H groups in total. The molecule has 35 heavy (non-hydrogen) atoms. The number of fused-ring (bicyclic) bond motifs is 1. The van der Waals surface area contributed by atoms with Crippen molar-refractivity contribution in [1.29, 1.82) is 0 Å². The Morgan fingerprint density at radius 2 is 1.74 bits per heavy atom. The number of piperidine rings is 1. The van der Waals surface area contributed by atoms with Crippen LogP contribution in [0, 0.1) is 12.7 Å². The highest BCUT2D eigenvalue weighted by Crippen LogP contribution is 2.34. The molecule has 1 aliphatic rings. The van der Waals surface area contributed by atoms with Crippen molar-refractivity contribution in [2.45, 2.75) is 30.6 Å². The summed E-state index contributed by atoms with van der Waals surface area (Å²) < 4.78 is 42.0. The summed E-state index contributed by atoms with van der Waals surface area (Å²) in [5.74, 6) is -0.506. The largest absolute Gasteiger partial charge is 0.361 e. The van der Waals surface area contributed by atoms with Crippen molar-refractivity contribution in [3.8, 4) is 0 Å². The zero-order valence-corrected chi connectivity index (χ0v) is 20.1. The van der Waals surface area contributed by atoms with Gasteiger partial charge in [-0.2, -0.15) is 0 Å². The second kappa shape index (κ2) is 9.19. The van der Waals surface area contributed by atoms with E-state index in [4.69, 9.17) is 0 Å². The molecule has 1 saturated heterocycles. The fraction of sp³-hybridized carbons (Fsp3) is 0.222. The first-order chi connectivity index (χ1) is 16.8. The number of hydrogen-bond donors (Lipinski definition) is 2. The number of halogens is 1. The van der Waals surface area contributed by atoms with Gasteiger partial charge in [0.25, 0.3) is 15.9 Å². The SMILES string of the molecule is Cc1ccc(S(=O)(=O)Nc2ccccc2F)cc1C(=O)N1CCC(c2c[nH]c3ccccc23)CC1. The Morgan fingerprint density at radius 3 is 2.51 bits per heavy atom. The number of carbonyl (C=O) groups is 1. The molecule has 0 saturated carbocycles. The third-order valence-corrected chi connectivity index (χ3v) is 8.07. The molecule has 1 amide bonds. The zero-order chi connectivity index (χ0) is 24.6. The molecule has 8 heteroatoms. The maximum atomic E-state index is 14.0. The molecule has 0 spiro atoms. The van der Waals surface area contributed by atoms with Crippen LogP contribution in [0.4, 0.5) is 10.1 Å². The molecule has 0 radical (unpaired) electrons. The van der Waals surface area contributed by atoms with Crippen LogP contribution < -0.4 is 4.72 Å². The van der Waals surface area contributed by atoms with Crippen molar-refractivity contribution in [3.63, 3.8) is 0 Å². The summed E-state index contributed by atoms with van der Waals surface area (Å²) in [6.45, 7) is 2.96. The summed E-state index contributed by atoms with van der Waals surface area (Å²) in [7, 11) is -4.06. The zero-order valence-electron chi connectivity index (χ0n) is 19.3. The second-order valence-electron chi connectivity index (χ2n) is 8.92. The van der Waals surface area contributed by atoms with E-state index in [0.717, 1.165) is 18.4 Å². The molecule has 5 rings (SSSR count). The smallest absolute Gasteiger partial charge is 0.262 e. The monoisotopic (exact) mass is 491 g/mol. The van der Waals surface area contributed by atoms with Crippen LogP contribution >= 0.6 is 0 Å². The summed E-state index contributed by atoms with van der Waals surface area (Å²) in [6, 6.07) is 18.2. The van der Waals surface area contributed by atoms with Gasteiger partial charge in [0.15, 0.2) is 0 Å². The van der Waals surface area contributed by atoms with Gasteiger partial charge >= 0.3 is 0 Å². The number of aryl methyl sites for hydroxylation is 1. The number of para-hydroxylation sites is 2. The summed E-state index contributed by atoms with van der Waals surface area (Å²) >= 11 is 0. The Bertz CT molecular complexity index is 1510. The van der Waals surface area contributed by atoms with Gasteiger partial charge in [0, 0.05) is 35.8 Å². The van der Waals surface area contributed by atoms with E-state index in [-0.39, 0.29) is 16.5 Å². The number of benzene rings is 3. The average molecular weight is 492 g/mol. The summed E-state index contributed by atoms with van der Waals surface area (Å²) in [6.07, 6.45) is 3.73. The molecule has 4 aromatic rings. The molecule has 0 bridgehead atoms. The number of hydrogen-bond acceptors (Lipinski definition) is 3. The predicted octanol–water partition coefficient (Wildman–Crippen LogP) is 5.44. The molecule has 0 unspecified atom stereocenters. The van der Waals surface area contributed by atoms with E-state index in [1.54, 1.807) is 24.0 Å². The molecule has 1 aliphatic heterocycles. The Labute approximate surface area is 203 Å². The third kappa shape index (κ3) is 4.53. The number of amides is 1. The van der Waals surface area contributed by atoms with Crippen molar-refractivity contribution in [3.05, 3.63) is 95.4 Å². The van der Waals surface area contributed by atoms with Gasteiger partial charge in [0.05, 0.1) is 10.6 Å². The van der Waals surface area contributed by atoms with Crippen LogP contribution in [0.5, 0.6) is 0 Å². The van der Waals surface area contributed by atoms with Crippen LogP contribution in [0.3, 0.4) is 0 Å². The number of carbonyl (C=O) groups excluding carboxylic acids is 1. The number of anilines is 1. The summed E-state index contributed by atoms with van der Waals surface area (Å²) in [5, 5.41) is 1.22. The quantitative estimate of drug-likeness (QED) is 0.390. The summed E-state index contributed by atoms with van der Waals surface area (Å²) in [4.78, 5) is 18.4. The molecule has 1 fully saturated rings. The molecule has 0 aliphatic carbocycles. The molecule has 180 valence electrons. The van der Waals surface area contributed by atoms with E-state index in [0.29, 0.717) is 30.1 Å². The second-order valence-corrected chi connectivity index (χ2v) is 10.6. The first-order valence-electron chi connectivity index (χ1n) is 11.6. The fourth-order valence-electron chi connectivity index (χ4n) is 4.74. The third-order valence-electron chi connectivity index (χ3n) is 6.71. The van der Waals surface area contributed by atoms with E-state index in [1.807, 2.05) is 12.1 Å². The topological polar surface area (TPSA) is 82.3 Å². The van der Waals surface area contributed by atoms with Crippen LogP contribution in [0.15, 0.2) is 77.8 Å². The first-order valence-corrected chi connectivity index (χ1v) is 13.0. The number of nitrogens with zero attached hydrogens (tertiary/aromatic N) is 1. The van der Waals surface area contributed by atoms with E-state index in [9.17, 15) is 17.6 Å². The number of aromatic nitrogens is 1. The standard InChI is InChI=1S/C27H26FN3O3S/c1-18-10-11-20(35(33,34)30-26-9-5-3-7-24(26)28)16-22(18)27(32)31-14-12-19(13-15-31)23-17-29-25-8-4-2-6-21(23)25/h2-11,16-17,19,29-30H,12-15H2,1H3. The number of sulfonamides is 1. The van der Waals surface area contributed by atoms with Gasteiger partial charge in [-0.3, -0.25) is 9.52 Å². The van der Waals surface area contributed by atoms with Crippen LogP contribution in [-0.2, 0) is 10.0 Å². The minimum Gasteiger partial charge on any atom is -0.361 e. The Hall–Kier alpha value is -3.65. The normalized spacial score (nSPS) is 14.9. The van der Waals surface area contributed by atoms with Crippen molar-refractivity contribution < 1.29 is 17.6 Å². The van der Waals surface area contributed by atoms with E-state index in [1.165, 1.54) is 41.3 Å². The first kappa shape index (κ1) is 23.1. The van der Waals surface area contributed by atoms with Gasteiger partial charge in [-0.15, -0.1) is 0 Å². The fourth-order valence-corrected chi connectivity index (χ4v) is 5.84. The van der Waals surface area contributed by atoms with Gasteiger partial charge in [-0.05, 0) is 67.1 Å². The minimum atomic E-state index is -4.06. The highest BCUT2D eigenvalue weighted by Gasteiger charge is 2.28. The maximum absolute atomic E-state index is 14.0. The lowest BCUT2D eigenvalue weighted by Gasteiger charge is -2.32. The van der Waals surface area contributed by atoms with Crippen LogP contribution in [0.25, 0.3) is 10.9 Å². The van der Waals surface area contributed by atoms with Crippen molar-refractivity contribution in [2.24, 2.45) is 0 Å². The Balaban J connectivity index is 1.33. The van der Waals surface area contributed by atoms with Crippen molar-refractivity contribution >= 4 is 32.5 Å². The molecule has 6 nitrogen and oxygen atoms in total. The maximum Gasteiger partial charge on any atom is 0.262 e. The van der Waals surface area contributed by atoms with Gasteiger partial charge in [0.2, 0.25) is 0 Å². The molecule has 0 atom stereocenters. The molecule has 2 heterocycles. The van der Waals surface area contributed by atoms with Crippen LogP contribution in [0.2, 0.25) is 0 Å². The van der Waals surface area contributed by atoms with Gasteiger partial charge in [-0.25, -0.2) is 12.8 Å². The summed E-state index contributed by atoms with van der Waals surface area (Å²) in [5.41, 5.74) is 3.28. The number of aromatic amines is 1. The van der Waals surface area contributed by atoms with Crippen molar-refractivity contribution in [2.75, 3.05) is 17.8 Å². The Morgan fingerprint density at radius 1 is 1.03 bits per heavy atom. The number of H-pyrrole nitrogens is 1. The Kier molecular flexibility index (Phi) is 6.06. The molecule has 3 aromatic carbocycles. The van der Waals surface area contributed by atoms with E-state index < -0.39 is 15.8 Å². The molecular weight excluding hydrogens is 465 g/mol.